The Hall–Kier alpha value is -1.09. The van der Waals surface area contributed by atoms with Crippen molar-refractivity contribution in [2.45, 2.75) is 20.3 Å². The second-order valence-corrected chi connectivity index (χ2v) is 4.25. The highest BCUT2D eigenvalue weighted by atomic mass is 16.5. The number of pyridine rings is 1. The zero-order valence-corrected chi connectivity index (χ0v) is 9.08. The van der Waals surface area contributed by atoms with E-state index in [-0.39, 0.29) is 5.41 Å². The van der Waals surface area contributed by atoms with Crippen molar-refractivity contribution < 1.29 is 4.74 Å². The van der Waals surface area contributed by atoms with Gasteiger partial charge in [-0.2, -0.15) is 0 Å². The largest absolute Gasteiger partial charge is 0.481 e. The number of nitrogens with two attached hydrogens (primary N) is 1. The number of methoxy groups -OCH3 is 1. The third-order valence-electron chi connectivity index (χ3n) is 2.24. The van der Waals surface area contributed by atoms with Crippen molar-refractivity contribution in [3.8, 4) is 5.88 Å². The van der Waals surface area contributed by atoms with E-state index < -0.39 is 0 Å². The Morgan fingerprint density at radius 2 is 2.14 bits per heavy atom. The van der Waals surface area contributed by atoms with E-state index in [9.17, 15) is 0 Å². The maximum atomic E-state index is 5.67. The molecule has 0 amide bonds. The third-order valence-corrected chi connectivity index (χ3v) is 2.24. The van der Waals surface area contributed by atoms with Crippen LogP contribution >= 0.6 is 0 Å². The Morgan fingerprint density at radius 1 is 1.43 bits per heavy atom. The smallest absolute Gasteiger partial charge is 0.212 e. The normalized spacial score (nSPS) is 11.4. The number of nitrogens with zero attached hydrogens (tertiary/aromatic N) is 1. The number of hydrogen-bond acceptors (Lipinski definition) is 3. The van der Waals surface area contributed by atoms with Crippen molar-refractivity contribution in [3.63, 3.8) is 0 Å². The number of hydrogen-bond donors (Lipinski definition) is 1. The summed E-state index contributed by atoms with van der Waals surface area (Å²) in [6.45, 7) is 4.98. The van der Waals surface area contributed by atoms with E-state index in [0.717, 1.165) is 6.42 Å². The predicted molar refractivity (Wildman–Crippen MR) is 57.3 cm³/mol. The summed E-state index contributed by atoms with van der Waals surface area (Å²) in [7, 11) is 1.62. The first kappa shape index (κ1) is 11.0. The maximum Gasteiger partial charge on any atom is 0.212 e. The molecule has 1 rings (SSSR count). The molecule has 0 aliphatic rings. The summed E-state index contributed by atoms with van der Waals surface area (Å²) < 4.78 is 4.99. The Balaban J connectivity index is 2.69. The van der Waals surface area contributed by atoms with Gasteiger partial charge in [-0.1, -0.05) is 19.9 Å². The van der Waals surface area contributed by atoms with Crippen LogP contribution in [0.2, 0.25) is 0 Å². The van der Waals surface area contributed by atoms with Gasteiger partial charge in [-0.25, -0.2) is 4.98 Å². The fourth-order valence-electron chi connectivity index (χ4n) is 1.26. The predicted octanol–water partition coefficient (Wildman–Crippen LogP) is 1.62. The van der Waals surface area contributed by atoms with Crippen LogP contribution in [0.15, 0.2) is 18.3 Å². The highest BCUT2D eigenvalue weighted by Crippen LogP contribution is 2.20. The average molecular weight is 194 g/mol. The fraction of sp³-hybridized carbons (Fsp3) is 0.545. The molecule has 0 aromatic carbocycles. The fourth-order valence-corrected chi connectivity index (χ4v) is 1.26. The van der Waals surface area contributed by atoms with Gasteiger partial charge in [0.15, 0.2) is 0 Å². The van der Waals surface area contributed by atoms with Gasteiger partial charge in [0, 0.05) is 12.3 Å². The lowest BCUT2D eigenvalue weighted by atomic mass is 9.86. The van der Waals surface area contributed by atoms with Crippen molar-refractivity contribution in [1.82, 2.24) is 4.98 Å². The van der Waals surface area contributed by atoms with Crippen molar-refractivity contribution in [2.24, 2.45) is 11.1 Å². The van der Waals surface area contributed by atoms with Crippen LogP contribution in [-0.2, 0) is 6.42 Å². The van der Waals surface area contributed by atoms with Crippen molar-refractivity contribution in [2.75, 3.05) is 13.7 Å². The quantitative estimate of drug-likeness (QED) is 0.792. The average Bonchev–Trinajstić information content (AvgIpc) is 2.19. The van der Waals surface area contributed by atoms with E-state index in [4.69, 9.17) is 10.5 Å². The van der Waals surface area contributed by atoms with Crippen LogP contribution in [0.1, 0.15) is 19.4 Å². The molecule has 3 heteroatoms. The lowest BCUT2D eigenvalue weighted by molar-refractivity contribution is 0.373. The Labute approximate surface area is 85.3 Å². The molecule has 78 valence electrons. The Kier molecular flexibility index (Phi) is 3.47. The standard InChI is InChI=1S/C11H18N2O/c1-11(2,8-12)6-9-4-5-10(14-3)13-7-9/h4-5,7H,6,8,12H2,1-3H3. The van der Waals surface area contributed by atoms with E-state index in [2.05, 4.69) is 18.8 Å². The summed E-state index contributed by atoms with van der Waals surface area (Å²) in [5.41, 5.74) is 7.00. The molecule has 1 aromatic heterocycles. The van der Waals surface area contributed by atoms with E-state index in [0.29, 0.717) is 12.4 Å². The molecule has 0 aliphatic carbocycles. The van der Waals surface area contributed by atoms with E-state index >= 15 is 0 Å². The van der Waals surface area contributed by atoms with Gasteiger partial charge in [0.05, 0.1) is 7.11 Å². The van der Waals surface area contributed by atoms with Crippen molar-refractivity contribution in [1.29, 1.82) is 0 Å². The molecule has 0 unspecified atom stereocenters. The van der Waals surface area contributed by atoms with E-state index in [1.54, 1.807) is 7.11 Å². The summed E-state index contributed by atoms with van der Waals surface area (Å²) in [5, 5.41) is 0. The molecule has 0 atom stereocenters. The van der Waals surface area contributed by atoms with Gasteiger partial charge in [-0.05, 0) is 23.9 Å². The third kappa shape index (κ3) is 3.00. The van der Waals surface area contributed by atoms with E-state index in [1.165, 1.54) is 5.56 Å². The highest BCUT2D eigenvalue weighted by molar-refractivity contribution is 5.18. The SMILES string of the molecule is COc1ccc(CC(C)(C)CN)cn1. The van der Waals surface area contributed by atoms with Crippen LogP contribution in [0, 0.1) is 5.41 Å². The van der Waals surface area contributed by atoms with Crippen LogP contribution in [0.4, 0.5) is 0 Å². The zero-order valence-electron chi connectivity index (χ0n) is 9.08. The second kappa shape index (κ2) is 4.42. The summed E-state index contributed by atoms with van der Waals surface area (Å²) in [4.78, 5) is 4.15. The Morgan fingerprint density at radius 3 is 2.57 bits per heavy atom. The number of rotatable bonds is 4. The molecule has 3 nitrogen and oxygen atoms in total. The summed E-state index contributed by atoms with van der Waals surface area (Å²) in [5.74, 6) is 0.652. The summed E-state index contributed by atoms with van der Waals surface area (Å²) in [6.07, 6.45) is 2.79. The van der Waals surface area contributed by atoms with Crippen LogP contribution < -0.4 is 10.5 Å². The monoisotopic (exact) mass is 194 g/mol. The van der Waals surface area contributed by atoms with Crippen LogP contribution in [-0.4, -0.2) is 18.6 Å². The van der Waals surface area contributed by atoms with Gasteiger partial charge in [0.25, 0.3) is 0 Å². The van der Waals surface area contributed by atoms with Gasteiger partial charge in [-0.3, -0.25) is 0 Å². The molecule has 0 spiro atoms. The molecule has 0 saturated heterocycles. The van der Waals surface area contributed by atoms with E-state index in [1.807, 2.05) is 18.3 Å². The molecule has 0 aliphatic heterocycles. The van der Waals surface area contributed by atoms with Gasteiger partial charge in [-0.15, -0.1) is 0 Å². The first-order valence-corrected chi connectivity index (χ1v) is 4.76. The molecular formula is C11H18N2O. The first-order valence-electron chi connectivity index (χ1n) is 4.76. The van der Waals surface area contributed by atoms with Gasteiger partial charge in [0.1, 0.15) is 0 Å². The van der Waals surface area contributed by atoms with Crippen LogP contribution in [0.5, 0.6) is 5.88 Å². The molecule has 1 heterocycles. The minimum absolute atomic E-state index is 0.135. The van der Waals surface area contributed by atoms with Gasteiger partial charge >= 0.3 is 0 Å². The van der Waals surface area contributed by atoms with Gasteiger partial charge in [0.2, 0.25) is 5.88 Å². The zero-order chi connectivity index (χ0) is 10.6. The summed E-state index contributed by atoms with van der Waals surface area (Å²) in [6, 6.07) is 3.91. The maximum absolute atomic E-state index is 5.67. The molecule has 0 saturated carbocycles. The number of ether oxygens (including phenoxy) is 1. The number of aromatic nitrogens is 1. The van der Waals surface area contributed by atoms with Crippen molar-refractivity contribution >= 4 is 0 Å². The summed E-state index contributed by atoms with van der Waals surface area (Å²) >= 11 is 0. The minimum atomic E-state index is 0.135. The van der Waals surface area contributed by atoms with Crippen molar-refractivity contribution in [3.05, 3.63) is 23.9 Å². The topological polar surface area (TPSA) is 48.1 Å². The first-order chi connectivity index (χ1) is 6.57. The second-order valence-electron chi connectivity index (χ2n) is 4.25. The molecule has 0 fully saturated rings. The molecule has 0 bridgehead atoms. The molecule has 14 heavy (non-hydrogen) atoms. The van der Waals surface area contributed by atoms with Crippen LogP contribution in [0.25, 0.3) is 0 Å². The molecule has 2 N–H and O–H groups in total. The minimum Gasteiger partial charge on any atom is -0.481 e. The molecular weight excluding hydrogens is 176 g/mol. The lowest BCUT2D eigenvalue weighted by Gasteiger charge is -2.21. The van der Waals surface area contributed by atoms with Gasteiger partial charge < -0.3 is 10.5 Å². The molecule has 1 aromatic rings. The molecule has 0 radical (unpaired) electrons. The highest BCUT2D eigenvalue weighted by Gasteiger charge is 2.16. The Bertz CT molecular complexity index is 280. The lowest BCUT2D eigenvalue weighted by Crippen LogP contribution is -2.25. The van der Waals surface area contributed by atoms with Crippen LogP contribution in [0.3, 0.4) is 0 Å².